The monoisotopic (exact) mass is 485 g/mol. The first kappa shape index (κ1) is 22.4. The van der Waals surface area contributed by atoms with E-state index in [1.54, 1.807) is 6.92 Å². The lowest BCUT2D eigenvalue weighted by atomic mass is 9.70. The maximum absolute atomic E-state index is 14.9. The Kier molecular flexibility index (Phi) is 5.91. The Balaban J connectivity index is 1.28. The summed E-state index contributed by atoms with van der Waals surface area (Å²) in [5.41, 5.74) is -0.553. The molecule has 2 atom stereocenters. The highest BCUT2D eigenvalue weighted by Crippen LogP contribution is 2.64. The van der Waals surface area contributed by atoms with Crippen LogP contribution in [0.15, 0.2) is 6.07 Å². The van der Waals surface area contributed by atoms with Gasteiger partial charge in [0, 0.05) is 5.41 Å². The Hall–Kier alpha value is -1.38. The minimum absolute atomic E-state index is 0.0273. The topological polar surface area (TPSA) is 58.6 Å². The van der Waals surface area contributed by atoms with E-state index in [4.69, 9.17) is 16.3 Å². The highest BCUT2D eigenvalue weighted by Gasteiger charge is 2.56. The first-order valence-electron chi connectivity index (χ1n) is 11.3. The smallest absolute Gasteiger partial charge is 0.237 e. The average molecular weight is 486 g/mol. The van der Waals surface area contributed by atoms with E-state index in [1.807, 2.05) is 0 Å². The maximum Gasteiger partial charge on any atom is 0.237 e. The van der Waals surface area contributed by atoms with Gasteiger partial charge in [0.2, 0.25) is 5.91 Å². The molecule has 0 spiro atoms. The van der Waals surface area contributed by atoms with Crippen molar-refractivity contribution in [2.45, 2.75) is 45.4 Å². The Morgan fingerprint density at radius 3 is 2.56 bits per heavy atom. The molecule has 6 rings (SSSR count). The second-order valence-corrected chi connectivity index (χ2v) is 12.0. The van der Waals surface area contributed by atoms with Crippen LogP contribution < -0.4 is 9.46 Å². The number of benzene rings is 1. The number of halogens is 3. The van der Waals surface area contributed by atoms with Crippen molar-refractivity contribution in [1.82, 2.24) is 9.62 Å². The number of likely N-dealkylation sites (tertiary alicyclic amines) is 1. The highest BCUT2D eigenvalue weighted by molar-refractivity contribution is 7.83. The zero-order chi connectivity index (χ0) is 22.6. The summed E-state index contributed by atoms with van der Waals surface area (Å²) in [4.78, 5) is 15.1. The summed E-state index contributed by atoms with van der Waals surface area (Å²) in [7, 11) is -1.81. The van der Waals surface area contributed by atoms with Gasteiger partial charge in [-0.25, -0.2) is 8.78 Å². The number of ether oxygens (including phenoxy) is 1. The van der Waals surface area contributed by atoms with Crippen LogP contribution in [0.3, 0.4) is 0 Å². The van der Waals surface area contributed by atoms with Crippen LogP contribution in [0.2, 0.25) is 5.02 Å². The third-order valence-electron chi connectivity index (χ3n) is 7.83. The Bertz CT molecular complexity index is 1020. The summed E-state index contributed by atoms with van der Waals surface area (Å²) >= 11 is 6.09. The van der Waals surface area contributed by atoms with Crippen molar-refractivity contribution < 1.29 is 22.5 Å². The average Bonchev–Trinajstić information content (AvgIpc) is 3.13. The van der Waals surface area contributed by atoms with E-state index in [1.165, 1.54) is 12.8 Å². The van der Waals surface area contributed by atoms with Gasteiger partial charge in [-0.15, -0.1) is 4.86 Å². The van der Waals surface area contributed by atoms with Crippen molar-refractivity contribution in [3.63, 3.8) is 0 Å². The number of nitrogens with one attached hydrogen (secondary N) is 1. The summed E-state index contributed by atoms with van der Waals surface area (Å²) in [5, 5.41) is -0.547. The van der Waals surface area contributed by atoms with E-state index in [0.717, 1.165) is 62.6 Å². The van der Waals surface area contributed by atoms with E-state index in [0.29, 0.717) is 18.0 Å². The van der Waals surface area contributed by atoms with Crippen molar-refractivity contribution in [2.75, 3.05) is 26.2 Å². The zero-order valence-corrected chi connectivity index (χ0v) is 19.7. The Labute approximate surface area is 194 Å². The number of hydrogen-bond donors (Lipinski definition) is 1. The molecule has 2 unspecified atom stereocenters. The SMILES string of the molecule is CC(CN1CCC1)=[S-](=O)NC(=O)c1cc(F)c(OCC23CC4CC(C2)C(C4)C3)c(Cl)c1F. The Morgan fingerprint density at radius 1 is 1.28 bits per heavy atom. The number of carbonyl (C=O) groups excluding carboxylic acids is 1. The van der Waals surface area contributed by atoms with E-state index >= 15 is 0 Å². The molecule has 5 nitrogen and oxygen atoms in total. The molecule has 1 aromatic rings. The molecule has 176 valence electrons. The zero-order valence-electron chi connectivity index (χ0n) is 18.1. The van der Waals surface area contributed by atoms with Gasteiger partial charge in [0.1, 0.15) is 5.02 Å². The molecule has 0 radical (unpaired) electrons. The normalized spacial score (nSPS) is 32.0. The number of nitrogens with zero attached hydrogens (tertiary/aromatic N) is 1. The summed E-state index contributed by atoms with van der Waals surface area (Å²) in [6.45, 7) is 4.30. The first-order valence-corrected chi connectivity index (χ1v) is 12.9. The highest BCUT2D eigenvalue weighted by atomic mass is 35.5. The third kappa shape index (κ3) is 4.03. The van der Waals surface area contributed by atoms with Crippen LogP contribution in [0.5, 0.6) is 5.75 Å². The molecule has 0 aromatic heterocycles. The lowest BCUT2D eigenvalue weighted by Crippen LogP contribution is -2.41. The standard InChI is InChI=1S/C23H28ClF2N2O3S/c1-13(11-28-3-2-4-28)32(30)27-22(29)17-7-18(25)21(19(24)20(17)26)31-12-23-8-14-5-15(9-23)16(6-14)10-23/h7,14-16H,2-6,8-12H2,1H3,(H,27,29,30)/q-1. The van der Waals surface area contributed by atoms with Crippen LogP contribution in [0, 0.1) is 34.8 Å². The van der Waals surface area contributed by atoms with Crippen molar-refractivity contribution in [3.05, 3.63) is 28.3 Å². The second-order valence-electron chi connectivity index (χ2n) is 10.2. The largest absolute Gasteiger partial charge is 0.488 e. The number of amides is 1. The van der Waals surface area contributed by atoms with E-state index in [-0.39, 0.29) is 11.2 Å². The molecule has 1 saturated heterocycles. The summed E-state index contributed by atoms with van der Waals surface area (Å²) in [6.07, 6.45) is 6.89. The van der Waals surface area contributed by atoms with Gasteiger partial charge in [0.05, 0.1) is 12.2 Å². The van der Waals surface area contributed by atoms with Gasteiger partial charge in [0.15, 0.2) is 17.4 Å². The third-order valence-corrected chi connectivity index (χ3v) is 9.30. The summed E-state index contributed by atoms with van der Waals surface area (Å²) in [6, 6.07) is 0.779. The van der Waals surface area contributed by atoms with Gasteiger partial charge in [-0.3, -0.25) is 4.79 Å². The quantitative estimate of drug-likeness (QED) is 0.355. The van der Waals surface area contributed by atoms with E-state index < -0.39 is 38.7 Å². The van der Waals surface area contributed by atoms with Gasteiger partial charge in [-0.1, -0.05) is 18.5 Å². The molecule has 4 aliphatic carbocycles. The molecule has 32 heavy (non-hydrogen) atoms. The molecular formula is C23H28ClF2N2O3S-. The van der Waals surface area contributed by atoms with Gasteiger partial charge >= 0.3 is 0 Å². The van der Waals surface area contributed by atoms with Crippen LogP contribution in [0.1, 0.15) is 55.8 Å². The molecule has 1 heterocycles. The number of rotatable bonds is 7. The lowest BCUT2D eigenvalue weighted by Gasteiger charge is -2.38. The van der Waals surface area contributed by atoms with Crippen LogP contribution in [0.25, 0.3) is 0 Å². The van der Waals surface area contributed by atoms with Crippen molar-refractivity contribution in [2.24, 2.45) is 23.2 Å². The van der Waals surface area contributed by atoms with Crippen molar-refractivity contribution in [3.8, 4) is 5.75 Å². The fraction of sp³-hybridized carbons (Fsp3) is 0.652. The molecule has 5 aliphatic rings. The van der Waals surface area contributed by atoms with E-state index in [2.05, 4.69) is 9.62 Å². The molecule has 1 amide bonds. The minimum Gasteiger partial charge on any atom is -0.488 e. The second kappa shape index (κ2) is 8.44. The van der Waals surface area contributed by atoms with Gasteiger partial charge in [-0.05, 0) is 82.0 Å². The summed E-state index contributed by atoms with van der Waals surface area (Å²) < 4.78 is 50.1. The molecule has 4 bridgehead atoms. The minimum atomic E-state index is -1.81. The molecule has 9 heteroatoms. The van der Waals surface area contributed by atoms with Crippen LogP contribution in [-0.4, -0.2) is 41.9 Å². The van der Waals surface area contributed by atoms with Gasteiger partial charge in [0.25, 0.3) is 0 Å². The fourth-order valence-electron chi connectivity index (χ4n) is 6.40. The molecule has 1 aromatic carbocycles. The van der Waals surface area contributed by atoms with Crippen LogP contribution >= 0.6 is 11.6 Å². The van der Waals surface area contributed by atoms with Crippen LogP contribution in [-0.2, 0) is 14.8 Å². The molecule has 5 fully saturated rings. The number of hydrogen-bond acceptors (Lipinski definition) is 5. The molecule has 1 N–H and O–H groups in total. The Morgan fingerprint density at radius 2 is 1.97 bits per heavy atom. The van der Waals surface area contributed by atoms with Crippen molar-refractivity contribution >= 4 is 32.9 Å². The fourth-order valence-corrected chi connectivity index (χ4v) is 7.40. The van der Waals surface area contributed by atoms with Gasteiger partial charge in [-0.2, -0.15) is 10.6 Å². The molecular weight excluding hydrogens is 458 g/mol. The van der Waals surface area contributed by atoms with E-state index in [9.17, 15) is 17.8 Å². The first-order chi connectivity index (χ1) is 15.2. The predicted octanol–water partition coefficient (Wildman–Crippen LogP) is 4.33. The predicted molar refractivity (Wildman–Crippen MR) is 120 cm³/mol. The summed E-state index contributed by atoms with van der Waals surface area (Å²) in [5.74, 6) is -1.07. The lowest BCUT2D eigenvalue weighted by molar-refractivity contribution is 0.0721. The number of carbonyl (C=O) groups is 1. The van der Waals surface area contributed by atoms with Crippen molar-refractivity contribution in [1.29, 1.82) is 0 Å². The maximum atomic E-state index is 14.9. The van der Waals surface area contributed by atoms with Crippen LogP contribution in [0.4, 0.5) is 8.78 Å². The molecule has 1 aliphatic heterocycles. The molecule has 4 saturated carbocycles. The van der Waals surface area contributed by atoms with Gasteiger partial charge < -0.3 is 18.6 Å².